The van der Waals surface area contributed by atoms with Gasteiger partial charge in [-0.15, -0.1) is 0 Å². The van der Waals surface area contributed by atoms with E-state index in [0.717, 1.165) is 0 Å². The van der Waals surface area contributed by atoms with Gasteiger partial charge >= 0.3 is 5.97 Å². The predicted octanol–water partition coefficient (Wildman–Crippen LogP) is 2.08. The number of fused-ring (bicyclic) bond motifs is 1. The summed E-state index contributed by atoms with van der Waals surface area (Å²) in [5.41, 5.74) is -0.146. The quantitative estimate of drug-likeness (QED) is 0.904. The third-order valence-corrected chi connectivity index (χ3v) is 3.53. The fraction of sp³-hybridized carbons (Fsp3) is 0.385. The second-order valence-electron chi connectivity index (χ2n) is 4.82. The fourth-order valence-electron chi connectivity index (χ4n) is 2.09. The number of rotatable bonds is 2. The van der Waals surface area contributed by atoms with Crippen molar-refractivity contribution in [2.75, 3.05) is 13.2 Å². The Morgan fingerprint density at radius 1 is 1.40 bits per heavy atom. The molecule has 1 atom stereocenters. The average Bonchev–Trinajstić information content (AvgIpc) is 2.83. The number of hydrogen-bond acceptors (Lipinski definition) is 5. The van der Waals surface area contributed by atoms with Crippen LogP contribution in [0.25, 0.3) is 0 Å². The van der Waals surface area contributed by atoms with E-state index < -0.39 is 11.6 Å². The number of carbonyl (C=O) groups is 1. The Kier molecular flexibility index (Phi) is 2.97. The molecule has 2 aliphatic heterocycles. The highest BCUT2D eigenvalue weighted by atomic mass is 35.5. The summed E-state index contributed by atoms with van der Waals surface area (Å²) >= 11 is 6.14. The zero-order valence-corrected chi connectivity index (χ0v) is 11.4. The molecular weight excluding hydrogens is 286 g/mol. The first-order valence-corrected chi connectivity index (χ1v) is 6.45. The molecule has 0 aliphatic carbocycles. The molecule has 0 saturated carbocycles. The van der Waals surface area contributed by atoms with E-state index in [1.165, 1.54) is 6.92 Å². The summed E-state index contributed by atoms with van der Waals surface area (Å²) in [6.45, 7) is 2.38. The van der Waals surface area contributed by atoms with Crippen LogP contribution in [0.5, 0.6) is 11.5 Å². The molecule has 7 heteroatoms. The molecule has 0 bridgehead atoms. The molecule has 1 aromatic rings. The number of nitrogens with zero attached hydrogens (tertiary/aromatic N) is 1. The van der Waals surface area contributed by atoms with Crippen molar-refractivity contribution in [3.8, 4) is 11.5 Å². The summed E-state index contributed by atoms with van der Waals surface area (Å²) in [5, 5.41) is 13.4. The van der Waals surface area contributed by atoms with Gasteiger partial charge in [0.25, 0.3) is 0 Å². The minimum Gasteiger partial charge on any atom is -0.486 e. The molecule has 20 heavy (non-hydrogen) atoms. The van der Waals surface area contributed by atoms with Crippen LogP contribution in [-0.2, 0) is 9.63 Å². The Morgan fingerprint density at radius 2 is 2.15 bits per heavy atom. The van der Waals surface area contributed by atoms with Gasteiger partial charge in [-0.05, 0) is 19.1 Å². The number of ether oxygens (including phenoxy) is 2. The SMILES string of the molecule is CC1(C(=O)O)CC(c2cc(Cl)c3c(c2)OCCO3)=NO1. The summed E-state index contributed by atoms with van der Waals surface area (Å²) in [6, 6.07) is 3.40. The molecule has 3 rings (SSSR count). The number of carboxylic acid groups (broad SMARTS) is 1. The molecule has 0 saturated heterocycles. The van der Waals surface area contributed by atoms with Crippen LogP contribution in [0.1, 0.15) is 18.9 Å². The highest BCUT2D eigenvalue weighted by molar-refractivity contribution is 6.32. The molecule has 0 spiro atoms. The molecule has 1 aromatic carbocycles. The van der Waals surface area contributed by atoms with Crippen molar-refractivity contribution in [3.63, 3.8) is 0 Å². The van der Waals surface area contributed by atoms with Gasteiger partial charge in [-0.3, -0.25) is 0 Å². The summed E-state index contributed by atoms with van der Waals surface area (Å²) in [6.07, 6.45) is 0.165. The highest BCUT2D eigenvalue weighted by Gasteiger charge is 2.42. The molecule has 106 valence electrons. The van der Waals surface area contributed by atoms with Crippen molar-refractivity contribution in [3.05, 3.63) is 22.7 Å². The number of benzene rings is 1. The van der Waals surface area contributed by atoms with Crippen LogP contribution in [0.3, 0.4) is 0 Å². The maximum Gasteiger partial charge on any atom is 0.351 e. The summed E-state index contributed by atoms with van der Waals surface area (Å²) < 4.78 is 10.9. The van der Waals surface area contributed by atoms with E-state index in [1.807, 2.05) is 0 Å². The Bertz CT molecular complexity index is 615. The monoisotopic (exact) mass is 297 g/mol. The Labute approximate surface area is 119 Å². The Morgan fingerprint density at radius 3 is 2.85 bits per heavy atom. The molecule has 0 radical (unpaired) electrons. The van der Waals surface area contributed by atoms with Crippen LogP contribution in [0.2, 0.25) is 5.02 Å². The van der Waals surface area contributed by atoms with Crippen molar-refractivity contribution in [1.29, 1.82) is 0 Å². The minimum absolute atomic E-state index is 0.165. The fourth-order valence-corrected chi connectivity index (χ4v) is 2.35. The van der Waals surface area contributed by atoms with Gasteiger partial charge in [0.1, 0.15) is 13.2 Å². The molecule has 0 amide bonds. The van der Waals surface area contributed by atoms with Crippen LogP contribution in [0.4, 0.5) is 0 Å². The largest absolute Gasteiger partial charge is 0.486 e. The van der Waals surface area contributed by atoms with Gasteiger partial charge in [0.05, 0.1) is 10.7 Å². The Balaban J connectivity index is 1.93. The van der Waals surface area contributed by atoms with E-state index in [2.05, 4.69) is 5.16 Å². The van der Waals surface area contributed by atoms with E-state index in [-0.39, 0.29) is 6.42 Å². The lowest BCUT2D eigenvalue weighted by atomic mass is 9.96. The highest BCUT2D eigenvalue weighted by Crippen LogP contribution is 2.39. The molecule has 0 aromatic heterocycles. The van der Waals surface area contributed by atoms with Crippen molar-refractivity contribution in [1.82, 2.24) is 0 Å². The van der Waals surface area contributed by atoms with Crippen LogP contribution in [0.15, 0.2) is 17.3 Å². The lowest BCUT2D eigenvalue weighted by Gasteiger charge is -2.20. The number of aliphatic carboxylic acids is 1. The van der Waals surface area contributed by atoms with Crippen molar-refractivity contribution >= 4 is 23.3 Å². The second-order valence-corrected chi connectivity index (χ2v) is 5.23. The first-order chi connectivity index (χ1) is 9.49. The number of hydrogen-bond donors (Lipinski definition) is 1. The topological polar surface area (TPSA) is 77.4 Å². The second kappa shape index (κ2) is 4.56. The zero-order valence-electron chi connectivity index (χ0n) is 10.7. The average molecular weight is 298 g/mol. The van der Waals surface area contributed by atoms with Crippen LogP contribution in [0, 0.1) is 0 Å². The summed E-state index contributed by atoms with van der Waals surface area (Å²) in [7, 11) is 0. The van der Waals surface area contributed by atoms with Gasteiger partial charge in [0.15, 0.2) is 11.5 Å². The summed E-state index contributed by atoms with van der Waals surface area (Å²) in [5.74, 6) is -0.0209. The molecule has 0 fully saturated rings. The van der Waals surface area contributed by atoms with E-state index in [9.17, 15) is 4.79 Å². The zero-order chi connectivity index (χ0) is 14.3. The van der Waals surface area contributed by atoms with Crippen molar-refractivity contribution < 1.29 is 24.2 Å². The third kappa shape index (κ3) is 2.06. The minimum atomic E-state index is -1.34. The van der Waals surface area contributed by atoms with Gasteiger partial charge in [0, 0.05) is 12.0 Å². The maximum atomic E-state index is 11.1. The molecule has 1 N–H and O–H groups in total. The first kappa shape index (κ1) is 13.1. The predicted molar refractivity (Wildman–Crippen MR) is 70.7 cm³/mol. The third-order valence-electron chi connectivity index (χ3n) is 3.24. The lowest BCUT2D eigenvalue weighted by molar-refractivity contribution is -0.160. The summed E-state index contributed by atoms with van der Waals surface area (Å²) in [4.78, 5) is 16.2. The van der Waals surface area contributed by atoms with E-state index >= 15 is 0 Å². The molecule has 6 nitrogen and oxygen atoms in total. The number of carboxylic acids is 1. The van der Waals surface area contributed by atoms with Crippen LogP contribution < -0.4 is 9.47 Å². The van der Waals surface area contributed by atoms with Crippen molar-refractivity contribution in [2.24, 2.45) is 5.16 Å². The number of oxime groups is 1. The van der Waals surface area contributed by atoms with E-state index in [1.54, 1.807) is 12.1 Å². The van der Waals surface area contributed by atoms with Crippen molar-refractivity contribution in [2.45, 2.75) is 18.9 Å². The first-order valence-electron chi connectivity index (χ1n) is 6.07. The Hall–Kier alpha value is -1.95. The molecule has 2 heterocycles. The standard InChI is InChI=1S/C13H12ClNO5/c1-13(12(16)17)6-9(15-20-13)7-4-8(14)11-10(5-7)18-2-3-19-11/h4-5H,2-3,6H2,1H3,(H,16,17). The number of halogens is 1. The van der Waals surface area contributed by atoms with Crippen LogP contribution >= 0.6 is 11.6 Å². The van der Waals surface area contributed by atoms with Gasteiger partial charge in [-0.2, -0.15) is 0 Å². The van der Waals surface area contributed by atoms with Gasteiger partial charge in [0.2, 0.25) is 5.60 Å². The maximum absolute atomic E-state index is 11.1. The molecule has 1 unspecified atom stereocenters. The lowest BCUT2D eigenvalue weighted by Crippen LogP contribution is -2.35. The van der Waals surface area contributed by atoms with Gasteiger partial charge < -0.3 is 19.4 Å². The normalized spacial score (nSPS) is 24.0. The van der Waals surface area contributed by atoms with E-state index in [4.69, 9.17) is 31.0 Å². The molecule has 2 aliphatic rings. The van der Waals surface area contributed by atoms with Crippen LogP contribution in [-0.4, -0.2) is 35.6 Å². The smallest absolute Gasteiger partial charge is 0.351 e. The van der Waals surface area contributed by atoms with Gasteiger partial charge in [-0.1, -0.05) is 16.8 Å². The van der Waals surface area contributed by atoms with E-state index in [0.29, 0.717) is 41.0 Å². The van der Waals surface area contributed by atoms with Gasteiger partial charge in [-0.25, -0.2) is 4.79 Å². The molecular formula is C13H12ClNO5.